The zero-order valence-electron chi connectivity index (χ0n) is 17.3. The third-order valence-corrected chi connectivity index (χ3v) is 5.50. The van der Waals surface area contributed by atoms with Crippen LogP contribution in [0.15, 0.2) is 23.2 Å². The van der Waals surface area contributed by atoms with E-state index in [1.165, 1.54) is 11.3 Å². The number of aryl methyl sites for hydroxylation is 2. The molecule has 0 saturated heterocycles. The molecule has 0 radical (unpaired) electrons. The van der Waals surface area contributed by atoms with Crippen molar-refractivity contribution >= 4 is 53.1 Å². The predicted molar refractivity (Wildman–Crippen MR) is 131 cm³/mol. The van der Waals surface area contributed by atoms with Gasteiger partial charge >= 0.3 is 0 Å². The molecular weight excluding hydrogens is 508 g/mol. The molecule has 2 N–H and O–H groups in total. The second kappa shape index (κ2) is 11.3. The smallest absolute Gasteiger partial charge is 0.191 e. The van der Waals surface area contributed by atoms with Crippen molar-refractivity contribution in [3.05, 3.63) is 50.8 Å². The van der Waals surface area contributed by atoms with Crippen LogP contribution < -0.4 is 10.6 Å². The first-order valence-corrected chi connectivity index (χ1v) is 9.90. The molecule has 1 aromatic carbocycles. The Hall–Kier alpha value is -0.990. The molecule has 0 fully saturated rings. The first-order valence-electron chi connectivity index (χ1n) is 9.14. The summed E-state index contributed by atoms with van der Waals surface area (Å²) in [5.74, 6) is 0.916. The highest BCUT2D eigenvalue weighted by atomic mass is 127. The van der Waals surface area contributed by atoms with Gasteiger partial charge in [-0.25, -0.2) is 0 Å². The largest absolute Gasteiger partial charge is 0.356 e. The van der Waals surface area contributed by atoms with Crippen LogP contribution in [0.4, 0.5) is 0 Å². The molecule has 2 unspecified atom stereocenters. The van der Waals surface area contributed by atoms with Crippen molar-refractivity contribution in [1.29, 1.82) is 0 Å². The lowest BCUT2D eigenvalue weighted by atomic mass is 10.0. The van der Waals surface area contributed by atoms with Gasteiger partial charge in [-0.15, -0.1) is 24.0 Å². The van der Waals surface area contributed by atoms with Gasteiger partial charge in [0.25, 0.3) is 0 Å². The summed E-state index contributed by atoms with van der Waals surface area (Å²) in [6.07, 6.45) is 0.887. The van der Waals surface area contributed by atoms with Crippen LogP contribution in [0.5, 0.6) is 0 Å². The molecule has 0 aliphatic carbocycles. The molecule has 0 amide bonds. The number of benzene rings is 1. The second-order valence-corrected chi connectivity index (χ2v) is 7.83. The zero-order chi connectivity index (χ0) is 20.1. The van der Waals surface area contributed by atoms with Crippen LogP contribution in [-0.4, -0.2) is 35.4 Å². The molecule has 0 bridgehead atoms. The molecule has 5 nitrogen and oxygen atoms in total. The molecule has 2 aromatic rings. The topological polar surface area (TPSA) is 54.2 Å². The molecule has 2 rings (SSSR count). The van der Waals surface area contributed by atoms with Crippen molar-refractivity contribution in [1.82, 2.24) is 20.4 Å². The Balaban J connectivity index is 0.00000392. The Kier molecular flexibility index (Phi) is 10.1. The molecule has 0 saturated carbocycles. The van der Waals surface area contributed by atoms with E-state index < -0.39 is 0 Å². The summed E-state index contributed by atoms with van der Waals surface area (Å²) in [5, 5.41) is 12.7. The van der Waals surface area contributed by atoms with Crippen LogP contribution in [0.2, 0.25) is 10.0 Å². The van der Waals surface area contributed by atoms with Crippen LogP contribution >= 0.6 is 47.2 Å². The number of halogens is 3. The Bertz CT molecular complexity index is 799. The Morgan fingerprint density at radius 2 is 1.82 bits per heavy atom. The van der Waals surface area contributed by atoms with Crippen LogP contribution in [0.1, 0.15) is 42.3 Å². The van der Waals surface area contributed by atoms with E-state index in [9.17, 15) is 0 Å². The fourth-order valence-corrected chi connectivity index (χ4v) is 4.00. The Morgan fingerprint density at radius 3 is 2.32 bits per heavy atom. The summed E-state index contributed by atoms with van der Waals surface area (Å²) in [4.78, 5) is 4.34. The monoisotopic (exact) mass is 537 g/mol. The minimum atomic E-state index is 0. The summed E-state index contributed by atoms with van der Waals surface area (Å²) in [5.41, 5.74) is 4.52. The van der Waals surface area contributed by atoms with E-state index in [1.54, 1.807) is 7.05 Å². The lowest BCUT2D eigenvalue weighted by Crippen LogP contribution is -2.44. The van der Waals surface area contributed by atoms with E-state index >= 15 is 0 Å². The fraction of sp³-hybridized carbons (Fsp3) is 0.500. The Morgan fingerprint density at radius 1 is 1.21 bits per heavy atom. The van der Waals surface area contributed by atoms with Crippen LogP contribution in [0, 0.1) is 13.8 Å². The summed E-state index contributed by atoms with van der Waals surface area (Å²) < 4.78 is 1.93. The van der Waals surface area contributed by atoms with E-state index in [2.05, 4.69) is 48.4 Å². The maximum absolute atomic E-state index is 6.31. The van der Waals surface area contributed by atoms with Crippen molar-refractivity contribution < 1.29 is 0 Å². The maximum atomic E-state index is 6.31. The minimum Gasteiger partial charge on any atom is -0.356 e. The third-order valence-electron chi connectivity index (χ3n) is 4.84. The van der Waals surface area contributed by atoms with E-state index in [4.69, 9.17) is 23.2 Å². The summed E-state index contributed by atoms with van der Waals surface area (Å²) >= 11 is 12.6. The number of rotatable bonds is 6. The van der Waals surface area contributed by atoms with Gasteiger partial charge in [-0.1, -0.05) is 36.2 Å². The maximum Gasteiger partial charge on any atom is 0.191 e. The predicted octanol–water partition coefficient (Wildman–Crippen LogP) is 4.86. The van der Waals surface area contributed by atoms with E-state index in [-0.39, 0.29) is 35.9 Å². The summed E-state index contributed by atoms with van der Waals surface area (Å²) in [6, 6.07) is 5.82. The fourth-order valence-electron chi connectivity index (χ4n) is 3.23. The Labute approximate surface area is 195 Å². The number of nitrogens with one attached hydrogen (secondary N) is 2. The van der Waals surface area contributed by atoms with Crippen molar-refractivity contribution in [3.63, 3.8) is 0 Å². The van der Waals surface area contributed by atoms with E-state index in [0.717, 1.165) is 23.6 Å². The van der Waals surface area contributed by atoms with Gasteiger partial charge in [0.1, 0.15) is 0 Å². The molecular formula is C20H30Cl2IN5. The van der Waals surface area contributed by atoms with Crippen LogP contribution in [0.25, 0.3) is 0 Å². The van der Waals surface area contributed by atoms with Gasteiger partial charge in [0.2, 0.25) is 0 Å². The summed E-state index contributed by atoms with van der Waals surface area (Å²) in [7, 11) is 3.75. The number of aliphatic imine (C=N–C) groups is 1. The molecule has 1 aromatic heterocycles. The standard InChI is InChI=1S/C20H29Cl2N5.HI/c1-12(19-17(21)8-7-9-18(19)22)11-24-20(23-5)25-13(2)10-16-14(3)26-27(6)15(16)4;/h7-9,12-13H,10-11H2,1-6H3,(H2,23,24,25);1H. The molecule has 0 aliphatic heterocycles. The van der Waals surface area contributed by atoms with E-state index in [1.807, 2.05) is 29.9 Å². The lowest BCUT2D eigenvalue weighted by molar-refractivity contribution is 0.624. The highest BCUT2D eigenvalue weighted by Crippen LogP contribution is 2.30. The minimum absolute atomic E-state index is 0. The molecule has 0 spiro atoms. The first-order chi connectivity index (χ1) is 12.7. The molecule has 1 heterocycles. The normalized spacial score (nSPS) is 13.6. The third kappa shape index (κ3) is 6.26. The van der Waals surface area contributed by atoms with Crippen molar-refractivity contribution in [2.75, 3.05) is 13.6 Å². The van der Waals surface area contributed by atoms with Gasteiger partial charge in [-0.3, -0.25) is 9.67 Å². The van der Waals surface area contributed by atoms with E-state index in [0.29, 0.717) is 16.6 Å². The molecule has 8 heteroatoms. The lowest BCUT2D eigenvalue weighted by Gasteiger charge is -2.21. The average Bonchev–Trinajstić information content (AvgIpc) is 2.84. The van der Waals surface area contributed by atoms with Crippen molar-refractivity contribution in [3.8, 4) is 0 Å². The quantitative estimate of drug-likeness (QED) is 0.314. The number of nitrogens with zero attached hydrogens (tertiary/aromatic N) is 3. The van der Waals surface area contributed by atoms with Gasteiger partial charge in [-0.05, 0) is 50.5 Å². The van der Waals surface area contributed by atoms with Crippen LogP contribution in [-0.2, 0) is 13.5 Å². The second-order valence-electron chi connectivity index (χ2n) is 7.01. The average molecular weight is 538 g/mol. The van der Waals surface area contributed by atoms with Gasteiger partial charge in [0.15, 0.2) is 5.96 Å². The molecule has 156 valence electrons. The van der Waals surface area contributed by atoms with Crippen molar-refractivity contribution in [2.45, 2.75) is 46.1 Å². The first kappa shape index (κ1) is 25.0. The number of guanidine groups is 1. The SMILES string of the molecule is CN=C(NCC(C)c1c(Cl)cccc1Cl)NC(C)Cc1c(C)nn(C)c1C.I. The molecule has 0 aliphatic rings. The number of hydrogen-bond acceptors (Lipinski definition) is 2. The molecule has 2 atom stereocenters. The van der Waals surface area contributed by atoms with Gasteiger partial charge in [0, 0.05) is 48.3 Å². The molecule has 28 heavy (non-hydrogen) atoms. The number of aromatic nitrogens is 2. The van der Waals surface area contributed by atoms with Gasteiger partial charge in [-0.2, -0.15) is 5.10 Å². The van der Waals surface area contributed by atoms with Crippen LogP contribution in [0.3, 0.4) is 0 Å². The van der Waals surface area contributed by atoms with Gasteiger partial charge < -0.3 is 10.6 Å². The van der Waals surface area contributed by atoms with Crippen molar-refractivity contribution in [2.24, 2.45) is 12.0 Å². The highest BCUT2D eigenvalue weighted by Gasteiger charge is 2.16. The van der Waals surface area contributed by atoms with Gasteiger partial charge in [0.05, 0.1) is 5.69 Å². The highest BCUT2D eigenvalue weighted by molar-refractivity contribution is 14.0. The zero-order valence-corrected chi connectivity index (χ0v) is 21.1. The number of hydrogen-bond donors (Lipinski definition) is 2. The summed E-state index contributed by atoms with van der Waals surface area (Å²) in [6.45, 7) is 9.08.